The van der Waals surface area contributed by atoms with Crippen LogP contribution in [-0.2, 0) is 0 Å². The van der Waals surface area contributed by atoms with Crippen molar-refractivity contribution in [1.29, 1.82) is 0 Å². The second-order valence-corrected chi connectivity index (χ2v) is 3.33. The first-order valence-electron chi connectivity index (χ1n) is 4.10. The third kappa shape index (κ3) is 2.20. The van der Waals surface area contributed by atoms with Crippen LogP contribution in [0, 0.1) is 0 Å². The monoisotopic (exact) mass is 278 g/mol. The van der Waals surface area contributed by atoms with Gasteiger partial charge in [0.1, 0.15) is 0 Å². The Bertz CT molecular complexity index is 511. The molecule has 0 radical (unpaired) electrons. The quantitative estimate of drug-likeness (QED) is 0.811. The molecule has 76 valence electrons. The van der Waals surface area contributed by atoms with Crippen molar-refractivity contribution in [2.75, 3.05) is 0 Å². The van der Waals surface area contributed by atoms with Crippen molar-refractivity contribution in [2.24, 2.45) is 0 Å². The number of hydrogen-bond acceptors (Lipinski definition) is 1. The van der Waals surface area contributed by atoms with E-state index in [4.69, 9.17) is 16.7 Å². The molecule has 0 amide bonds. The fourth-order valence-electron chi connectivity index (χ4n) is 1.40. The molecule has 0 atom stereocenters. The van der Waals surface area contributed by atoms with Crippen molar-refractivity contribution >= 4 is 48.1 Å². The van der Waals surface area contributed by atoms with Crippen LogP contribution < -0.4 is 0 Å². The van der Waals surface area contributed by atoms with Gasteiger partial charge in [0.2, 0.25) is 0 Å². The van der Waals surface area contributed by atoms with Crippen LogP contribution >= 0.6 is 11.6 Å². The minimum absolute atomic E-state index is 0. The Morgan fingerprint density at radius 3 is 2.47 bits per heavy atom. The molecule has 4 heteroatoms. The molecule has 2 aromatic carbocycles. The summed E-state index contributed by atoms with van der Waals surface area (Å²) in [4.78, 5) is 10.8. The SMILES string of the molecule is O=C(O)c1ccc2ccccc2c1Cl.[GaH3]. The Morgan fingerprint density at radius 1 is 1.13 bits per heavy atom. The van der Waals surface area contributed by atoms with E-state index in [-0.39, 0.29) is 25.4 Å². The van der Waals surface area contributed by atoms with Crippen molar-refractivity contribution < 1.29 is 9.90 Å². The molecule has 0 aliphatic rings. The Morgan fingerprint density at radius 2 is 1.80 bits per heavy atom. The van der Waals surface area contributed by atoms with Gasteiger partial charge in [-0.1, -0.05) is 41.9 Å². The van der Waals surface area contributed by atoms with E-state index in [1.165, 1.54) is 6.07 Å². The predicted molar refractivity (Wildman–Crippen MR) is 65.9 cm³/mol. The minimum atomic E-state index is -0.999. The molecule has 0 aliphatic heterocycles. The summed E-state index contributed by atoms with van der Waals surface area (Å²) in [6, 6.07) is 10.7. The average molecular weight is 279 g/mol. The molecule has 0 saturated heterocycles. The number of aromatic carboxylic acids is 1. The zero-order valence-corrected chi connectivity index (χ0v) is 7.95. The van der Waals surface area contributed by atoms with Crippen LogP contribution in [0.4, 0.5) is 0 Å². The van der Waals surface area contributed by atoms with Gasteiger partial charge in [0.05, 0.1) is 10.6 Å². The van der Waals surface area contributed by atoms with Crippen LogP contribution in [0.1, 0.15) is 10.4 Å². The van der Waals surface area contributed by atoms with Gasteiger partial charge in [-0.25, -0.2) is 4.79 Å². The molecule has 2 rings (SSSR count). The van der Waals surface area contributed by atoms with Crippen LogP contribution in [0.15, 0.2) is 36.4 Å². The van der Waals surface area contributed by atoms with Crippen LogP contribution in [0.2, 0.25) is 5.02 Å². The van der Waals surface area contributed by atoms with Crippen molar-refractivity contribution in [3.05, 3.63) is 47.0 Å². The molecule has 0 aromatic heterocycles. The number of carbonyl (C=O) groups is 1. The van der Waals surface area contributed by atoms with E-state index in [1.807, 2.05) is 24.3 Å². The van der Waals surface area contributed by atoms with Gasteiger partial charge in [0.25, 0.3) is 0 Å². The van der Waals surface area contributed by atoms with Gasteiger partial charge in [-0.2, -0.15) is 0 Å². The van der Waals surface area contributed by atoms with E-state index >= 15 is 0 Å². The number of carboxylic acid groups (broad SMARTS) is 1. The summed E-state index contributed by atoms with van der Waals surface area (Å²) in [6.45, 7) is 0. The standard InChI is InChI=1S/C11H7ClO2.Ga.3H/c12-10-8-4-2-1-3-7(8)5-6-9(10)11(13)14;;;;/h1-6H,(H,13,14);;;;. The summed E-state index contributed by atoms with van der Waals surface area (Å²) in [5.41, 5.74) is 0.144. The van der Waals surface area contributed by atoms with Crippen LogP contribution in [0.5, 0.6) is 0 Å². The Labute approximate surface area is 105 Å². The first-order valence-corrected chi connectivity index (χ1v) is 4.48. The normalized spacial score (nSPS) is 9.67. The summed E-state index contributed by atoms with van der Waals surface area (Å²) < 4.78 is 0. The van der Waals surface area contributed by atoms with Gasteiger partial charge in [-0.3, -0.25) is 0 Å². The summed E-state index contributed by atoms with van der Waals surface area (Å²) >= 11 is 5.96. The first-order chi connectivity index (χ1) is 6.70. The summed E-state index contributed by atoms with van der Waals surface area (Å²) in [7, 11) is 0. The molecular weight excluding hydrogens is 269 g/mol. The maximum absolute atomic E-state index is 10.8. The van der Waals surface area contributed by atoms with Crippen LogP contribution in [0.25, 0.3) is 10.8 Å². The second kappa shape index (κ2) is 4.74. The van der Waals surface area contributed by atoms with E-state index in [0.29, 0.717) is 5.02 Å². The maximum atomic E-state index is 10.8. The number of benzene rings is 2. The van der Waals surface area contributed by atoms with E-state index in [1.54, 1.807) is 6.07 Å². The Hall–Kier alpha value is -0.904. The molecule has 0 spiro atoms. The van der Waals surface area contributed by atoms with Crippen LogP contribution in [-0.4, -0.2) is 30.9 Å². The first kappa shape index (κ1) is 12.2. The molecular formula is C11H10ClGaO2. The van der Waals surface area contributed by atoms with Crippen molar-refractivity contribution in [1.82, 2.24) is 0 Å². The average Bonchev–Trinajstić information content (AvgIpc) is 2.18. The van der Waals surface area contributed by atoms with Gasteiger partial charge in [0, 0.05) is 5.39 Å². The fraction of sp³-hybridized carbons (Fsp3) is 0. The molecule has 0 fully saturated rings. The Kier molecular flexibility index (Phi) is 3.85. The van der Waals surface area contributed by atoms with Crippen molar-refractivity contribution in [3.63, 3.8) is 0 Å². The molecule has 0 aliphatic carbocycles. The van der Waals surface area contributed by atoms with Crippen molar-refractivity contribution in [2.45, 2.75) is 0 Å². The number of fused-ring (bicyclic) bond motifs is 1. The van der Waals surface area contributed by atoms with E-state index < -0.39 is 5.97 Å². The molecule has 0 bridgehead atoms. The van der Waals surface area contributed by atoms with Gasteiger partial charge in [-0.05, 0) is 11.5 Å². The summed E-state index contributed by atoms with van der Waals surface area (Å²) in [5, 5.41) is 10.9. The third-order valence-electron chi connectivity index (χ3n) is 2.09. The number of carboxylic acids is 1. The summed E-state index contributed by atoms with van der Waals surface area (Å²) in [6.07, 6.45) is 0. The molecule has 0 heterocycles. The second-order valence-electron chi connectivity index (χ2n) is 2.95. The van der Waals surface area contributed by atoms with Gasteiger partial charge in [-0.15, -0.1) is 0 Å². The topological polar surface area (TPSA) is 37.3 Å². The van der Waals surface area contributed by atoms with Crippen molar-refractivity contribution in [3.8, 4) is 0 Å². The van der Waals surface area contributed by atoms with E-state index in [2.05, 4.69) is 0 Å². The number of hydrogen-bond donors (Lipinski definition) is 1. The number of rotatable bonds is 1. The number of halogens is 1. The third-order valence-corrected chi connectivity index (χ3v) is 2.50. The molecule has 2 aromatic rings. The molecule has 1 N–H and O–H groups in total. The molecule has 0 unspecified atom stereocenters. The Balaban J connectivity index is 0.00000112. The molecule has 2 nitrogen and oxygen atoms in total. The fourth-order valence-corrected chi connectivity index (χ4v) is 1.71. The van der Waals surface area contributed by atoms with Gasteiger partial charge in [0.15, 0.2) is 0 Å². The zero-order valence-electron chi connectivity index (χ0n) is 7.20. The molecule has 15 heavy (non-hydrogen) atoms. The van der Waals surface area contributed by atoms with E-state index in [9.17, 15) is 4.79 Å². The summed E-state index contributed by atoms with van der Waals surface area (Å²) in [5.74, 6) is -0.999. The van der Waals surface area contributed by atoms with Gasteiger partial charge >= 0.3 is 25.8 Å². The predicted octanol–water partition coefficient (Wildman–Crippen LogP) is 2.01. The molecule has 0 saturated carbocycles. The van der Waals surface area contributed by atoms with E-state index in [0.717, 1.165) is 10.8 Å². The zero-order chi connectivity index (χ0) is 10.1. The van der Waals surface area contributed by atoms with Crippen LogP contribution in [0.3, 0.4) is 0 Å². The van der Waals surface area contributed by atoms with Gasteiger partial charge < -0.3 is 5.11 Å².